The highest BCUT2D eigenvalue weighted by Crippen LogP contribution is 2.38. The van der Waals surface area contributed by atoms with Gasteiger partial charge < -0.3 is 13.9 Å². The standard InChI is InChI=1S/C15H26BrNO3SSi/c1-15(2,3)22(4,5)19-9-6-11(20-12-7-8-18-12)13-14(16)21-10-17-13/h10-12H,6-9H2,1-5H3. The Morgan fingerprint density at radius 1 is 1.50 bits per heavy atom. The molecule has 1 aromatic heterocycles. The molecule has 0 aromatic carbocycles. The summed E-state index contributed by atoms with van der Waals surface area (Å²) in [4.78, 5) is 4.44. The van der Waals surface area contributed by atoms with Gasteiger partial charge in [-0.3, -0.25) is 0 Å². The van der Waals surface area contributed by atoms with E-state index in [0.29, 0.717) is 6.61 Å². The summed E-state index contributed by atoms with van der Waals surface area (Å²) in [6.45, 7) is 12.8. The summed E-state index contributed by atoms with van der Waals surface area (Å²) in [5.74, 6) is 0. The number of ether oxygens (including phenoxy) is 2. The van der Waals surface area contributed by atoms with Gasteiger partial charge in [0, 0.05) is 19.4 Å². The van der Waals surface area contributed by atoms with Crippen LogP contribution in [0.25, 0.3) is 0 Å². The van der Waals surface area contributed by atoms with Crippen LogP contribution in [-0.4, -0.2) is 32.8 Å². The number of thiazole rings is 1. The Balaban J connectivity index is 1.94. The smallest absolute Gasteiger partial charge is 0.191 e. The van der Waals surface area contributed by atoms with Crippen molar-refractivity contribution in [3.8, 4) is 0 Å². The van der Waals surface area contributed by atoms with Crippen LogP contribution in [0.5, 0.6) is 0 Å². The van der Waals surface area contributed by atoms with E-state index in [1.807, 2.05) is 5.51 Å². The second kappa shape index (κ2) is 7.40. The van der Waals surface area contributed by atoms with Crippen LogP contribution in [-0.2, 0) is 13.9 Å². The summed E-state index contributed by atoms with van der Waals surface area (Å²) < 4.78 is 18.8. The Labute approximate surface area is 146 Å². The van der Waals surface area contributed by atoms with Crippen molar-refractivity contribution in [3.63, 3.8) is 0 Å². The predicted molar refractivity (Wildman–Crippen MR) is 95.8 cm³/mol. The Kier molecular flexibility index (Phi) is 6.24. The molecule has 0 spiro atoms. The maximum Gasteiger partial charge on any atom is 0.191 e. The largest absolute Gasteiger partial charge is 0.417 e. The quantitative estimate of drug-likeness (QED) is 0.587. The molecule has 2 heterocycles. The lowest BCUT2D eigenvalue weighted by Crippen LogP contribution is -2.41. The van der Waals surface area contributed by atoms with Gasteiger partial charge >= 0.3 is 0 Å². The third-order valence-electron chi connectivity index (χ3n) is 4.48. The highest BCUT2D eigenvalue weighted by molar-refractivity contribution is 9.11. The van der Waals surface area contributed by atoms with Crippen molar-refractivity contribution >= 4 is 35.6 Å². The fraction of sp³-hybridized carbons (Fsp3) is 0.800. The molecule has 126 valence electrons. The molecule has 7 heteroatoms. The zero-order chi connectivity index (χ0) is 16.4. The van der Waals surface area contributed by atoms with Crippen molar-refractivity contribution in [3.05, 3.63) is 15.0 Å². The maximum atomic E-state index is 6.27. The average Bonchev–Trinajstić information content (AvgIpc) is 2.76. The van der Waals surface area contributed by atoms with E-state index in [-0.39, 0.29) is 17.4 Å². The van der Waals surface area contributed by atoms with Crippen LogP contribution >= 0.6 is 27.3 Å². The first-order chi connectivity index (χ1) is 10.2. The van der Waals surface area contributed by atoms with E-state index in [9.17, 15) is 0 Å². The monoisotopic (exact) mass is 407 g/mol. The first kappa shape index (κ1) is 18.5. The van der Waals surface area contributed by atoms with Gasteiger partial charge in [-0.1, -0.05) is 20.8 Å². The summed E-state index contributed by atoms with van der Waals surface area (Å²) in [6, 6.07) is 0. The number of rotatable bonds is 7. The van der Waals surface area contributed by atoms with Crippen LogP contribution in [0.2, 0.25) is 18.1 Å². The number of hydrogen-bond acceptors (Lipinski definition) is 5. The Morgan fingerprint density at radius 3 is 2.64 bits per heavy atom. The normalized spacial score (nSPS) is 20.7. The van der Waals surface area contributed by atoms with Crippen LogP contribution in [0.3, 0.4) is 0 Å². The van der Waals surface area contributed by atoms with Crippen molar-refractivity contribution in [1.29, 1.82) is 0 Å². The lowest BCUT2D eigenvalue weighted by Gasteiger charge is -2.37. The van der Waals surface area contributed by atoms with E-state index in [0.717, 1.165) is 28.9 Å². The molecule has 0 saturated carbocycles. The van der Waals surface area contributed by atoms with Crippen LogP contribution in [0.4, 0.5) is 0 Å². The highest BCUT2D eigenvalue weighted by atomic mass is 79.9. The first-order valence-corrected chi connectivity index (χ1v) is 12.3. The van der Waals surface area contributed by atoms with Crippen LogP contribution in [0.15, 0.2) is 9.30 Å². The number of nitrogens with zero attached hydrogens (tertiary/aromatic N) is 1. The van der Waals surface area contributed by atoms with Gasteiger partial charge in [0.15, 0.2) is 14.6 Å². The third kappa shape index (κ3) is 4.61. The summed E-state index contributed by atoms with van der Waals surface area (Å²) in [5.41, 5.74) is 2.80. The zero-order valence-electron chi connectivity index (χ0n) is 14.0. The topological polar surface area (TPSA) is 40.6 Å². The van der Waals surface area contributed by atoms with E-state index in [1.165, 1.54) is 0 Å². The Morgan fingerprint density at radius 2 is 2.18 bits per heavy atom. The molecule has 0 bridgehead atoms. The van der Waals surface area contributed by atoms with E-state index >= 15 is 0 Å². The second-order valence-electron chi connectivity index (χ2n) is 7.12. The number of aromatic nitrogens is 1. The van der Waals surface area contributed by atoms with Crippen LogP contribution < -0.4 is 0 Å². The zero-order valence-corrected chi connectivity index (χ0v) is 17.4. The van der Waals surface area contributed by atoms with Crippen LogP contribution in [0, 0.1) is 0 Å². The Hall–Kier alpha value is 0.207. The lowest BCUT2D eigenvalue weighted by atomic mass is 10.2. The molecule has 0 N–H and O–H groups in total. The molecule has 22 heavy (non-hydrogen) atoms. The van der Waals surface area contributed by atoms with Gasteiger partial charge in [0.05, 0.1) is 21.6 Å². The van der Waals surface area contributed by atoms with Gasteiger partial charge in [0.25, 0.3) is 0 Å². The second-order valence-corrected chi connectivity index (χ2v) is 14.1. The van der Waals surface area contributed by atoms with Gasteiger partial charge in [-0.05, 0) is 34.1 Å². The van der Waals surface area contributed by atoms with E-state index in [2.05, 4.69) is 54.8 Å². The third-order valence-corrected chi connectivity index (χ3v) is 10.6. The molecule has 2 atom stereocenters. The van der Waals surface area contributed by atoms with Gasteiger partial charge in [-0.2, -0.15) is 0 Å². The van der Waals surface area contributed by atoms with Gasteiger partial charge in [0.2, 0.25) is 0 Å². The van der Waals surface area contributed by atoms with Gasteiger partial charge in [0.1, 0.15) is 6.10 Å². The fourth-order valence-corrected chi connectivity index (χ4v) is 4.10. The molecule has 2 unspecified atom stereocenters. The number of halogens is 1. The molecule has 1 aromatic rings. The molecule has 0 radical (unpaired) electrons. The van der Waals surface area contributed by atoms with E-state index < -0.39 is 8.32 Å². The Bertz CT molecular complexity index is 485. The molecule has 0 amide bonds. The minimum atomic E-state index is -1.72. The summed E-state index contributed by atoms with van der Waals surface area (Å²) in [7, 11) is -1.72. The van der Waals surface area contributed by atoms with Gasteiger partial charge in [-0.25, -0.2) is 4.98 Å². The molecule has 1 aliphatic heterocycles. The van der Waals surface area contributed by atoms with Crippen molar-refractivity contribution < 1.29 is 13.9 Å². The maximum absolute atomic E-state index is 6.27. The molecule has 1 aliphatic rings. The number of hydrogen-bond donors (Lipinski definition) is 0. The molecule has 2 rings (SSSR count). The van der Waals surface area contributed by atoms with Crippen molar-refractivity contribution in [1.82, 2.24) is 4.98 Å². The highest BCUT2D eigenvalue weighted by Gasteiger charge is 2.37. The minimum Gasteiger partial charge on any atom is -0.417 e. The van der Waals surface area contributed by atoms with Crippen molar-refractivity contribution in [2.24, 2.45) is 0 Å². The summed E-state index contributed by atoms with van der Waals surface area (Å²) >= 11 is 5.14. The summed E-state index contributed by atoms with van der Waals surface area (Å²) in [6.07, 6.45) is 1.60. The molecule has 1 saturated heterocycles. The minimum absolute atomic E-state index is 0.0734. The SMILES string of the molecule is CC(C)(C)[Si](C)(C)OCCC(OC1CCO1)c1ncsc1Br. The lowest BCUT2D eigenvalue weighted by molar-refractivity contribution is -0.239. The van der Waals surface area contributed by atoms with E-state index in [4.69, 9.17) is 13.9 Å². The summed E-state index contributed by atoms with van der Waals surface area (Å²) in [5, 5.41) is 0.224. The molecule has 0 aliphatic carbocycles. The predicted octanol–water partition coefficient (Wildman–Crippen LogP) is 5.12. The molecular weight excluding hydrogens is 382 g/mol. The molecular formula is C15H26BrNO3SSi. The van der Waals surface area contributed by atoms with Crippen molar-refractivity contribution in [2.45, 2.75) is 64.1 Å². The van der Waals surface area contributed by atoms with Crippen LogP contribution in [0.1, 0.15) is 45.4 Å². The average molecular weight is 408 g/mol. The van der Waals surface area contributed by atoms with E-state index in [1.54, 1.807) is 11.3 Å². The molecule has 4 nitrogen and oxygen atoms in total. The fourth-order valence-electron chi connectivity index (χ4n) is 1.86. The van der Waals surface area contributed by atoms with Crippen molar-refractivity contribution in [2.75, 3.05) is 13.2 Å². The molecule has 1 fully saturated rings. The van der Waals surface area contributed by atoms with Gasteiger partial charge in [-0.15, -0.1) is 11.3 Å². The first-order valence-electron chi connectivity index (χ1n) is 7.70.